The van der Waals surface area contributed by atoms with Gasteiger partial charge in [0.25, 0.3) is 0 Å². The molecule has 0 radical (unpaired) electrons. The Bertz CT molecular complexity index is 611. The Labute approximate surface area is 132 Å². The van der Waals surface area contributed by atoms with Gasteiger partial charge in [0, 0.05) is 5.92 Å². The van der Waals surface area contributed by atoms with E-state index in [1.54, 1.807) is 0 Å². The molecule has 0 N–H and O–H groups in total. The molecule has 0 saturated carbocycles. The van der Waals surface area contributed by atoms with E-state index in [2.05, 4.69) is 75.0 Å². The zero-order valence-electron chi connectivity index (χ0n) is 14.2. The number of rotatable bonds is 3. The first-order valence-electron chi connectivity index (χ1n) is 7.72. The standard InChI is InChI=1S/C20H27P/c1-12-7-9-18(16(5)14(12)3)20(11-21)19-10-8-13(2)15(4)17(19)6/h7-10,20H,11,21H2,1-6H3. The summed E-state index contributed by atoms with van der Waals surface area (Å²) in [6.07, 6.45) is 1.06. The lowest BCUT2D eigenvalue weighted by molar-refractivity contribution is 0.901. The van der Waals surface area contributed by atoms with Crippen LogP contribution in [0.3, 0.4) is 0 Å². The number of benzene rings is 2. The molecule has 0 bridgehead atoms. The van der Waals surface area contributed by atoms with Crippen LogP contribution >= 0.6 is 9.24 Å². The molecule has 112 valence electrons. The van der Waals surface area contributed by atoms with E-state index in [9.17, 15) is 0 Å². The van der Waals surface area contributed by atoms with E-state index < -0.39 is 0 Å². The molecule has 0 aromatic heterocycles. The Morgan fingerprint density at radius 2 is 1.05 bits per heavy atom. The average Bonchev–Trinajstić information content (AvgIpc) is 2.47. The average molecular weight is 298 g/mol. The first-order chi connectivity index (χ1) is 9.88. The molecular weight excluding hydrogens is 271 g/mol. The van der Waals surface area contributed by atoms with Crippen molar-refractivity contribution >= 4 is 9.24 Å². The molecule has 1 unspecified atom stereocenters. The minimum absolute atomic E-state index is 0.466. The number of hydrogen-bond acceptors (Lipinski definition) is 0. The van der Waals surface area contributed by atoms with Crippen molar-refractivity contribution in [2.24, 2.45) is 0 Å². The SMILES string of the molecule is Cc1ccc(C(CP)c2ccc(C)c(C)c2C)c(C)c1C. The fourth-order valence-electron chi connectivity index (χ4n) is 3.13. The zero-order valence-corrected chi connectivity index (χ0v) is 15.3. The van der Waals surface area contributed by atoms with Gasteiger partial charge in [0.1, 0.15) is 0 Å². The third kappa shape index (κ3) is 2.92. The lowest BCUT2D eigenvalue weighted by Gasteiger charge is -2.23. The van der Waals surface area contributed by atoms with Crippen molar-refractivity contribution in [1.29, 1.82) is 0 Å². The largest absolute Gasteiger partial charge is 0.137 e. The van der Waals surface area contributed by atoms with Crippen molar-refractivity contribution in [2.75, 3.05) is 6.16 Å². The van der Waals surface area contributed by atoms with E-state index in [1.807, 2.05) is 0 Å². The minimum Gasteiger partial charge on any atom is -0.137 e. The smallest absolute Gasteiger partial charge is 0.0129 e. The van der Waals surface area contributed by atoms with Gasteiger partial charge in [-0.1, -0.05) is 24.3 Å². The molecule has 0 amide bonds. The Kier molecular flexibility index (Phi) is 4.89. The van der Waals surface area contributed by atoms with Crippen molar-refractivity contribution < 1.29 is 0 Å². The van der Waals surface area contributed by atoms with Crippen LogP contribution in [0, 0.1) is 41.5 Å². The molecule has 0 aliphatic carbocycles. The van der Waals surface area contributed by atoms with Crippen LogP contribution in [0.5, 0.6) is 0 Å². The Balaban J connectivity index is 2.61. The fourth-order valence-corrected chi connectivity index (χ4v) is 3.64. The summed E-state index contributed by atoms with van der Waals surface area (Å²) < 4.78 is 0. The lowest BCUT2D eigenvalue weighted by Crippen LogP contribution is -2.09. The van der Waals surface area contributed by atoms with E-state index in [4.69, 9.17) is 0 Å². The lowest BCUT2D eigenvalue weighted by atomic mass is 9.83. The second-order valence-corrected chi connectivity index (χ2v) is 6.70. The first kappa shape index (κ1) is 16.2. The zero-order chi connectivity index (χ0) is 15.7. The van der Waals surface area contributed by atoms with Gasteiger partial charge >= 0.3 is 0 Å². The van der Waals surface area contributed by atoms with Crippen molar-refractivity contribution in [3.05, 3.63) is 68.8 Å². The summed E-state index contributed by atoms with van der Waals surface area (Å²) in [5, 5.41) is 0. The van der Waals surface area contributed by atoms with Gasteiger partial charge in [-0.2, -0.15) is 0 Å². The highest BCUT2D eigenvalue weighted by Crippen LogP contribution is 2.34. The van der Waals surface area contributed by atoms with E-state index in [0.717, 1.165) is 6.16 Å². The fraction of sp³-hybridized carbons (Fsp3) is 0.400. The molecule has 0 fully saturated rings. The molecule has 1 heteroatoms. The van der Waals surface area contributed by atoms with Crippen molar-refractivity contribution in [3.8, 4) is 0 Å². The predicted molar refractivity (Wildman–Crippen MR) is 97.7 cm³/mol. The molecule has 0 aliphatic rings. The summed E-state index contributed by atoms with van der Waals surface area (Å²) in [7, 11) is 2.94. The molecule has 2 aromatic carbocycles. The number of hydrogen-bond donors (Lipinski definition) is 0. The van der Waals surface area contributed by atoms with E-state index in [-0.39, 0.29) is 0 Å². The first-order valence-corrected chi connectivity index (χ1v) is 8.53. The maximum Gasteiger partial charge on any atom is 0.0129 e. The third-order valence-electron chi connectivity index (χ3n) is 5.19. The summed E-state index contributed by atoms with van der Waals surface area (Å²) >= 11 is 0. The van der Waals surface area contributed by atoms with Gasteiger partial charge in [-0.05, 0) is 92.2 Å². The van der Waals surface area contributed by atoms with Crippen molar-refractivity contribution in [1.82, 2.24) is 0 Å². The highest BCUT2D eigenvalue weighted by atomic mass is 31.0. The monoisotopic (exact) mass is 298 g/mol. The molecule has 2 aromatic rings. The van der Waals surface area contributed by atoms with E-state index >= 15 is 0 Å². The van der Waals surface area contributed by atoms with E-state index in [1.165, 1.54) is 44.5 Å². The predicted octanol–water partition coefficient (Wildman–Crippen LogP) is 5.54. The maximum absolute atomic E-state index is 2.94. The van der Waals surface area contributed by atoms with Gasteiger partial charge < -0.3 is 0 Å². The van der Waals surface area contributed by atoms with Crippen LogP contribution in [0.1, 0.15) is 50.4 Å². The Morgan fingerprint density at radius 1 is 0.667 bits per heavy atom. The quantitative estimate of drug-likeness (QED) is 0.652. The second-order valence-electron chi connectivity index (χ2n) is 6.23. The summed E-state index contributed by atoms with van der Waals surface area (Å²) in [6, 6.07) is 9.17. The van der Waals surface area contributed by atoms with Gasteiger partial charge in [-0.3, -0.25) is 0 Å². The molecule has 0 heterocycles. The normalized spacial score (nSPS) is 11.2. The third-order valence-corrected chi connectivity index (χ3v) is 5.66. The van der Waals surface area contributed by atoms with Crippen LogP contribution < -0.4 is 0 Å². The Hall–Kier alpha value is -1.13. The Morgan fingerprint density at radius 3 is 1.38 bits per heavy atom. The molecule has 21 heavy (non-hydrogen) atoms. The summed E-state index contributed by atoms with van der Waals surface area (Å²) in [5.74, 6) is 0.466. The van der Waals surface area contributed by atoms with Crippen molar-refractivity contribution in [2.45, 2.75) is 47.5 Å². The van der Waals surface area contributed by atoms with Crippen LogP contribution in [0.15, 0.2) is 24.3 Å². The highest BCUT2D eigenvalue weighted by molar-refractivity contribution is 7.16. The molecule has 0 nitrogen and oxygen atoms in total. The number of aryl methyl sites for hydroxylation is 2. The van der Waals surface area contributed by atoms with Crippen LogP contribution in [0.4, 0.5) is 0 Å². The van der Waals surface area contributed by atoms with Gasteiger partial charge in [0.15, 0.2) is 0 Å². The molecule has 0 aliphatic heterocycles. The van der Waals surface area contributed by atoms with Crippen LogP contribution in [-0.4, -0.2) is 6.16 Å². The summed E-state index contributed by atoms with van der Waals surface area (Å²) in [6.45, 7) is 13.4. The van der Waals surface area contributed by atoms with Gasteiger partial charge in [-0.25, -0.2) is 0 Å². The molecule has 2 rings (SSSR count). The maximum atomic E-state index is 2.94. The molecule has 1 atom stereocenters. The van der Waals surface area contributed by atoms with Crippen molar-refractivity contribution in [3.63, 3.8) is 0 Å². The summed E-state index contributed by atoms with van der Waals surface area (Å²) in [4.78, 5) is 0. The van der Waals surface area contributed by atoms with Gasteiger partial charge in [-0.15, -0.1) is 9.24 Å². The molecule has 0 spiro atoms. The topological polar surface area (TPSA) is 0 Å². The van der Waals surface area contributed by atoms with Crippen LogP contribution in [-0.2, 0) is 0 Å². The van der Waals surface area contributed by atoms with Crippen LogP contribution in [0.25, 0.3) is 0 Å². The van der Waals surface area contributed by atoms with Gasteiger partial charge in [0.2, 0.25) is 0 Å². The second kappa shape index (κ2) is 6.32. The highest BCUT2D eigenvalue weighted by Gasteiger charge is 2.18. The minimum atomic E-state index is 0.466. The van der Waals surface area contributed by atoms with Crippen LogP contribution in [0.2, 0.25) is 0 Å². The molecular formula is C20H27P. The van der Waals surface area contributed by atoms with Gasteiger partial charge in [0.05, 0.1) is 0 Å². The van der Waals surface area contributed by atoms with E-state index in [0.29, 0.717) is 5.92 Å². The summed E-state index contributed by atoms with van der Waals surface area (Å²) in [5.41, 5.74) is 11.5. The molecule has 0 saturated heterocycles.